The van der Waals surface area contributed by atoms with Crippen molar-refractivity contribution in [2.75, 3.05) is 30.3 Å². The van der Waals surface area contributed by atoms with Crippen molar-refractivity contribution in [1.82, 2.24) is 24.8 Å². The number of hydrogen-bond donors (Lipinski definition) is 2. The van der Waals surface area contributed by atoms with E-state index in [0.717, 1.165) is 43.1 Å². The Bertz CT molecular complexity index is 1560. The third-order valence-corrected chi connectivity index (χ3v) is 7.77. The highest BCUT2D eigenvalue weighted by atomic mass is 32.1. The van der Waals surface area contributed by atoms with Crippen LogP contribution in [-0.4, -0.2) is 56.4 Å². The topological polar surface area (TPSA) is 105 Å². The minimum atomic E-state index is -4.59. The number of anilines is 2. The Balaban J connectivity index is 1.43. The zero-order valence-electron chi connectivity index (χ0n) is 23.5. The Labute approximate surface area is 245 Å². The first-order valence-corrected chi connectivity index (χ1v) is 14.6. The van der Waals surface area contributed by atoms with Crippen molar-refractivity contribution >= 4 is 38.4 Å². The Morgan fingerprint density at radius 1 is 1.17 bits per heavy atom. The fourth-order valence-corrected chi connectivity index (χ4v) is 5.97. The van der Waals surface area contributed by atoms with E-state index in [1.807, 2.05) is 6.07 Å². The van der Waals surface area contributed by atoms with Crippen molar-refractivity contribution < 1.29 is 22.7 Å². The predicted molar refractivity (Wildman–Crippen MR) is 157 cm³/mol. The molecule has 0 aliphatic carbocycles. The molecule has 0 unspecified atom stereocenters. The van der Waals surface area contributed by atoms with Gasteiger partial charge in [0.25, 0.3) is 0 Å². The first-order chi connectivity index (χ1) is 20.1. The van der Waals surface area contributed by atoms with Gasteiger partial charge in [-0.05, 0) is 49.6 Å². The molecule has 0 saturated carbocycles. The monoisotopic (exact) mass is 599 g/mol. The first-order valence-electron chi connectivity index (χ1n) is 13.8. The Hall–Kier alpha value is -3.84. The Morgan fingerprint density at radius 2 is 2.00 bits per heavy atom. The summed E-state index contributed by atoms with van der Waals surface area (Å²) in [5.74, 6) is 0.951. The maximum absolute atomic E-state index is 13.6. The highest BCUT2D eigenvalue weighted by Gasteiger charge is 2.33. The van der Waals surface area contributed by atoms with E-state index in [4.69, 9.17) is 4.74 Å². The number of hydrogen-bond acceptors (Lipinski definition) is 9. The lowest BCUT2D eigenvalue weighted by atomic mass is 10.0. The first kappa shape index (κ1) is 29.6. The number of para-hydroxylation sites is 1. The molecule has 3 aromatic heterocycles. The van der Waals surface area contributed by atoms with Crippen molar-refractivity contribution in [2.24, 2.45) is 5.92 Å². The number of ether oxygens (including phenoxy) is 1. The van der Waals surface area contributed by atoms with Crippen molar-refractivity contribution in [1.29, 1.82) is 0 Å². The minimum absolute atomic E-state index is 0.103. The molecular weight excluding hydrogens is 567 g/mol. The van der Waals surface area contributed by atoms with Crippen LogP contribution in [0.1, 0.15) is 45.7 Å². The number of aromatic nitrogens is 4. The van der Waals surface area contributed by atoms with Crippen LogP contribution < -0.4 is 15.4 Å². The van der Waals surface area contributed by atoms with Gasteiger partial charge in [0.05, 0.1) is 10.4 Å². The van der Waals surface area contributed by atoms with Gasteiger partial charge in [-0.2, -0.15) is 13.2 Å². The molecule has 1 atom stereocenters. The number of pyridine rings is 1. The molecule has 0 radical (unpaired) electrons. The van der Waals surface area contributed by atoms with E-state index < -0.39 is 11.9 Å². The molecule has 1 amide bonds. The summed E-state index contributed by atoms with van der Waals surface area (Å²) in [4.78, 5) is 30.8. The van der Waals surface area contributed by atoms with E-state index in [1.54, 1.807) is 18.2 Å². The lowest BCUT2D eigenvalue weighted by Crippen LogP contribution is -2.45. The molecule has 222 valence electrons. The van der Waals surface area contributed by atoms with Crippen LogP contribution >= 0.6 is 11.3 Å². The minimum Gasteiger partial charge on any atom is -0.437 e. The maximum atomic E-state index is 13.6. The highest BCUT2D eigenvalue weighted by molar-refractivity contribution is 7.22. The lowest BCUT2D eigenvalue weighted by Gasteiger charge is -2.37. The average molecular weight is 600 g/mol. The van der Waals surface area contributed by atoms with Crippen molar-refractivity contribution in [3.8, 4) is 22.9 Å². The van der Waals surface area contributed by atoms with E-state index in [9.17, 15) is 18.0 Å². The number of thiazole rings is 1. The fraction of sp³-hybridized carbons (Fsp3) is 0.414. The molecule has 2 N–H and O–H groups in total. The zero-order valence-corrected chi connectivity index (χ0v) is 24.3. The summed E-state index contributed by atoms with van der Waals surface area (Å²) in [6.45, 7) is 8.10. The van der Waals surface area contributed by atoms with Gasteiger partial charge in [-0.3, -0.25) is 9.69 Å². The van der Waals surface area contributed by atoms with Crippen LogP contribution in [-0.2, 0) is 11.0 Å². The zero-order chi connectivity index (χ0) is 29.9. The SMILES string of the molecule is CC(=O)Nc1nc2c(Oc3cc(-c4ccc(C(F)(F)F)nc4NC[C@H]4CCCCN4CC(C)C)ncn3)cccc2s1. The summed E-state index contributed by atoms with van der Waals surface area (Å²) < 4.78 is 47.8. The molecule has 1 aliphatic rings. The predicted octanol–water partition coefficient (Wildman–Crippen LogP) is 6.84. The number of benzene rings is 1. The second-order valence-corrected chi connectivity index (χ2v) is 11.7. The number of amides is 1. The molecule has 4 aromatic rings. The van der Waals surface area contributed by atoms with Crippen LogP contribution in [0, 0.1) is 5.92 Å². The molecule has 9 nitrogen and oxygen atoms in total. The third kappa shape index (κ3) is 7.13. The van der Waals surface area contributed by atoms with E-state index in [1.165, 1.54) is 30.7 Å². The van der Waals surface area contributed by atoms with Crippen molar-refractivity contribution in [3.05, 3.63) is 48.4 Å². The molecule has 0 bridgehead atoms. The number of rotatable bonds is 9. The molecule has 42 heavy (non-hydrogen) atoms. The lowest BCUT2D eigenvalue weighted by molar-refractivity contribution is -0.141. The summed E-state index contributed by atoms with van der Waals surface area (Å²) in [7, 11) is 0. The molecule has 0 spiro atoms. The normalized spacial score (nSPS) is 16.1. The summed E-state index contributed by atoms with van der Waals surface area (Å²) in [6, 6.07) is 9.45. The van der Waals surface area contributed by atoms with Gasteiger partial charge in [0.2, 0.25) is 11.8 Å². The quantitative estimate of drug-likeness (QED) is 0.216. The summed E-state index contributed by atoms with van der Waals surface area (Å²) >= 11 is 1.31. The molecule has 1 saturated heterocycles. The van der Waals surface area contributed by atoms with Crippen LogP contribution in [0.3, 0.4) is 0 Å². The van der Waals surface area contributed by atoms with Gasteiger partial charge >= 0.3 is 6.18 Å². The van der Waals surface area contributed by atoms with Gasteiger partial charge in [-0.1, -0.05) is 37.7 Å². The largest absolute Gasteiger partial charge is 0.437 e. The van der Waals surface area contributed by atoms with E-state index in [-0.39, 0.29) is 23.6 Å². The van der Waals surface area contributed by atoms with Gasteiger partial charge in [-0.25, -0.2) is 19.9 Å². The second kappa shape index (κ2) is 12.6. The van der Waals surface area contributed by atoms with Crippen LogP contribution in [0.4, 0.5) is 24.1 Å². The van der Waals surface area contributed by atoms with Crippen molar-refractivity contribution in [3.63, 3.8) is 0 Å². The number of alkyl halides is 3. The summed E-state index contributed by atoms with van der Waals surface area (Å²) in [6.07, 6.45) is -0.143. The highest BCUT2D eigenvalue weighted by Crippen LogP contribution is 2.36. The van der Waals surface area contributed by atoms with Gasteiger partial charge in [-0.15, -0.1) is 0 Å². The van der Waals surface area contributed by atoms with Crippen LogP contribution in [0.2, 0.25) is 0 Å². The molecule has 4 heterocycles. The van der Waals surface area contributed by atoms with E-state index >= 15 is 0 Å². The Morgan fingerprint density at radius 3 is 2.76 bits per heavy atom. The smallest absolute Gasteiger partial charge is 0.433 e. The van der Waals surface area contributed by atoms with Crippen LogP contribution in [0.25, 0.3) is 21.5 Å². The number of carbonyl (C=O) groups excluding carboxylic acids is 1. The molecule has 13 heteroatoms. The molecule has 1 aliphatic heterocycles. The van der Waals surface area contributed by atoms with Gasteiger partial charge in [0.1, 0.15) is 23.4 Å². The summed E-state index contributed by atoms with van der Waals surface area (Å²) in [5, 5.41) is 6.32. The second-order valence-electron chi connectivity index (χ2n) is 10.7. The van der Waals surface area contributed by atoms with Crippen LogP contribution in [0.15, 0.2) is 42.7 Å². The number of fused-ring (bicyclic) bond motifs is 1. The van der Waals surface area contributed by atoms with Gasteiger partial charge in [0.15, 0.2) is 10.9 Å². The standard InChI is InChI=1S/C29H32F3N7O2S/c1-17(2)15-39-12-5-4-7-19(39)14-33-27-20(10-11-24(37-27)29(30,31)32)21-13-25(35-16-34-21)41-22-8-6-9-23-26(22)38-28(42-23)36-18(3)40/h6,8-11,13,16-17,19H,4-5,7,12,14-15H2,1-3H3,(H,33,37)(H,36,38,40)/t19-/m1/s1. The molecule has 5 rings (SSSR count). The van der Waals surface area contributed by atoms with Gasteiger partial charge < -0.3 is 15.4 Å². The van der Waals surface area contributed by atoms with Crippen LogP contribution in [0.5, 0.6) is 11.6 Å². The molecular formula is C29H32F3N7O2S. The third-order valence-electron chi connectivity index (χ3n) is 6.84. The van der Waals surface area contributed by atoms with Crippen molar-refractivity contribution in [2.45, 2.75) is 52.3 Å². The molecule has 1 fully saturated rings. The molecule has 1 aromatic carbocycles. The number of halogens is 3. The van der Waals surface area contributed by atoms with E-state index in [2.05, 4.69) is 49.3 Å². The summed E-state index contributed by atoms with van der Waals surface area (Å²) in [5.41, 5.74) is 0.326. The number of nitrogens with zero attached hydrogens (tertiary/aromatic N) is 5. The van der Waals surface area contributed by atoms with Gasteiger partial charge in [0, 0.05) is 37.7 Å². The number of carbonyl (C=O) groups is 1. The van der Waals surface area contributed by atoms with E-state index in [0.29, 0.717) is 40.1 Å². The number of piperidine rings is 1. The number of likely N-dealkylation sites (tertiary alicyclic amines) is 1. The number of nitrogens with one attached hydrogen (secondary N) is 2. The maximum Gasteiger partial charge on any atom is 0.433 e. The average Bonchev–Trinajstić information content (AvgIpc) is 3.34. The Kier molecular flexibility index (Phi) is 8.88. The fourth-order valence-electron chi connectivity index (χ4n) is 5.04.